The van der Waals surface area contributed by atoms with Crippen LogP contribution in [0.1, 0.15) is 36.5 Å². The number of esters is 1. The minimum absolute atomic E-state index is 0.266. The van der Waals surface area contributed by atoms with Gasteiger partial charge in [0, 0.05) is 5.56 Å². The van der Waals surface area contributed by atoms with Gasteiger partial charge in [0.1, 0.15) is 5.75 Å². The van der Waals surface area contributed by atoms with Crippen LogP contribution >= 0.6 is 0 Å². The highest BCUT2D eigenvalue weighted by atomic mass is 16.5. The minimum Gasteiger partial charge on any atom is -0.497 e. The van der Waals surface area contributed by atoms with Crippen molar-refractivity contribution < 1.29 is 19.1 Å². The maximum atomic E-state index is 12.0. The number of nitrogens with one attached hydrogen (secondary N) is 1. The Balaban J connectivity index is 2.00. The standard InChI is InChI=1S/C16H20N2O4/c1-3-22-16(20)13-5-4-6-14(13)17-18-15(19)11-7-9-12(21-2)10-8-11/h7-10,13H,3-6H2,1-2H3,(H,18,19)/b17-14-. The van der Waals surface area contributed by atoms with Crippen LogP contribution in [0.4, 0.5) is 0 Å². The molecule has 1 aromatic rings. The molecule has 1 saturated carbocycles. The lowest BCUT2D eigenvalue weighted by Gasteiger charge is -2.10. The van der Waals surface area contributed by atoms with E-state index < -0.39 is 0 Å². The third-order valence-electron chi connectivity index (χ3n) is 3.55. The number of hydrogen-bond donors (Lipinski definition) is 1. The van der Waals surface area contributed by atoms with Gasteiger partial charge in [-0.25, -0.2) is 5.43 Å². The fourth-order valence-electron chi connectivity index (χ4n) is 2.39. The fraction of sp³-hybridized carbons (Fsp3) is 0.438. The van der Waals surface area contributed by atoms with E-state index in [9.17, 15) is 9.59 Å². The van der Waals surface area contributed by atoms with Crippen molar-refractivity contribution in [2.24, 2.45) is 11.0 Å². The molecule has 1 aromatic carbocycles. The third kappa shape index (κ3) is 3.84. The maximum absolute atomic E-state index is 12.0. The van der Waals surface area contributed by atoms with Crippen LogP contribution in [0.15, 0.2) is 29.4 Å². The Bertz CT molecular complexity index is 566. The van der Waals surface area contributed by atoms with E-state index in [4.69, 9.17) is 9.47 Å². The van der Waals surface area contributed by atoms with E-state index in [1.54, 1.807) is 38.3 Å². The van der Waals surface area contributed by atoms with E-state index >= 15 is 0 Å². The molecule has 0 bridgehead atoms. The minimum atomic E-state index is -0.337. The van der Waals surface area contributed by atoms with E-state index in [0.717, 1.165) is 12.8 Å². The van der Waals surface area contributed by atoms with Gasteiger partial charge in [0.2, 0.25) is 0 Å². The summed E-state index contributed by atoms with van der Waals surface area (Å²) in [5.41, 5.74) is 3.67. The normalized spacial score (nSPS) is 19.0. The molecule has 0 aliphatic heterocycles. The summed E-state index contributed by atoms with van der Waals surface area (Å²) in [5, 5.41) is 4.11. The van der Waals surface area contributed by atoms with Crippen LogP contribution in [0.5, 0.6) is 5.75 Å². The first-order valence-corrected chi connectivity index (χ1v) is 7.33. The van der Waals surface area contributed by atoms with Gasteiger partial charge < -0.3 is 9.47 Å². The van der Waals surface area contributed by atoms with Crippen molar-refractivity contribution in [3.63, 3.8) is 0 Å². The van der Waals surface area contributed by atoms with Gasteiger partial charge in [-0.2, -0.15) is 5.10 Å². The second-order valence-electron chi connectivity index (χ2n) is 4.97. The number of nitrogens with zero attached hydrogens (tertiary/aromatic N) is 1. The fourth-order valence-corrected chi connectivity index (χ4v) is 2.39. The highest BCUT2D eigenvalue weighted by Gasteiger charge is 2.30. The molecule has 118 valence electrons. The molecule has 0 spiro atoms. The summed E-state index contributed by atoms with van der Waals surface area (Å²) in [6, 6.07) is 6.73. The molecular weight excluding hydrogens is 284 g/mol. The number of methoxy groups -OCH3 is 1. The van der Waals surface area contributed by atoms with E-state index in [-0.39, 0.29) is 17.8 Å². The molecule has 0 radical (unpaired) electrons. The summed E-state index contributed by atoms with van der Waals surface area (Å²) in [6.07, 6.45) is 2.29. The number of ether oxygens (including phenoxy) is 2. The Morgan fingerprint density at radius 2 is 2.05 bits per heavy atom. The first-order chi connectivity index (χ1) is 10.7. The predicted molar refractivity (Wildman–Crippen MR) is 81.9 cm³/mol. The van der Waals surface area contributed by atoms with Gasteiger partial charge in [0.15, 0.2) is 0 Å². The van der Waals surface area contributed by atoms with Crippen LogP contribution in [0.25, 0.3) is 0 Å². The summed E-state index contributed by atoms with van der Waals surface area (Å²) in [7, 11) is 1.57. The number of benzene rings is 1. The van der Waals surface area contributed by atoms with Gasteiger partial charge >= 0.3 is 5.97 Å². The molecule has 0 saturated heterocycles. The smallest absolute Gasteiger partial charge is 0.314 e. The van der Waals surface area contributed by atoms with E-state index in [0.29, 0.717) is 30.1 Å². The Labute approximate surface area is 129 Å². The van der Waals surface area contributed by atoms with Gasteiger partial charge in [-0.05, 0) is 50.5 Å². The molecule has 0 heterocycles. The van der Waals surface area contributed by atoms with Gasteiger partial charge in [0.05, 0.1) is 25.3 Å². The predicted octanol–water partition coefficient (Wildman–Crippen LogP) is 2.14. The lowest BCUT2D eigenvalue weighted by Crippen LogP contribution is -2.25. The zero-order chi connectivity index (χ0) is 15.9. The molecule has 22 heavy (non-hydrogen) atoms. The van der Waals surface area contributed by atoms with Crippen molar-refractivity contribution >= 4 is 17.6 Å². The van der Waals surface area contributed by atoms with Crippen LogP contribution in [0, 0.1) is 5.92 Å². The van der Waals surface area contributed by atoms with E-state index in [1.807, 2.05) is 0 Å². The highest BCUT2D eigenvalue weighted by molar-refractivity contribution is 6.04. The average molecular weight is 304 g/mol. The largest absolute Gasteiger partial charge is 0.497 e. The molecule has 6 nitrogen and oxygen atoms in total. The summed E-state index contributed by atoms with van der Waals surface area (Å²) >= 11 is 0. The summed E-state index contributed by atoms with van der Waals surface area (Å²) in [4.78, 5) is 23.8. The Hall–Kier alpha value is -2.37. The van der Waals surface area contributed by atoms with Crippen molar-refractivity contribution in [3.8, 4) is 5.75 Å². The molecule has 1 aliphatic carbocycles. The first kappa shape index (κ1) is 16.0. The topological polar surface area (TPSA) is 77.0 Å². The number of hydrogen-bond acceptors (Lipinski definition) is 5. The number of hydrazone groups is 1. The second kappa shape index (κ2) is 7.59. The van der Waals surface area contributed by atoms with Gasteiger partial charge in [-0.3, -0.25) is 9.59 Å². The molecule has 6 heteroatoms. The lowest BCUT2D eigenvalue weighted by molar-refractivity contribution is -0.145. The number of amides is 1. The van der Waals surface area contributed by atoms with Crippen molar-refractivity contribution in [2.75, 3.05) is 13.7 Å². The lowest BCUT2D eigenvalue weighted by atomic mass is 10.1. The van der Waals surface area contributed by atoms with Crippen LogP contribution in [0.3, 0.4) is 0 Å². The van der Waals surface area contributed by atoms with Crippen molar-refractivity contribution in [1.29, 1.82) is 0 Å². The van der Waals surface area contributed by atoms with Crippen LogP contribution in [0.2, 0.25) is 0 Å². The number of carbonyl (C=O) groups excluding carboxylic acids is 2. The zero-order valence-corrected chi connectivity index (χ0v) is 12.8. The SMILES string of the molecule is CCOC(=O)C1CCC/C1=N/NC(=O)c1ccc(OC)cc1. The third-order valence-corrected chi connectivity index (χ3v) is 3.55. The first-order valence-electron chi connectivity index (χ1n) is 7.33. The molecule has 0 aromatic heterocycles. The molecule has 2 rings (SSSR count). The average Bonchev–Trinajstić information content (AvgIpc) is 3.01. The molecule has 1 fully saturated rings. The van der Waals surface area contributed by atoms with E-state index in [1.165, 1.54) is 0 Å². The zero-order valence-electron chi connectivity index (χ0n) is 12.8. The molecular formula is C16H20N2O4. The van der Waals surface area contributed by atoms with Crippen molar-refractivity contribution in [3.05, 3.63) is 29.8 Å². The van der Waals surface area contributed by atoms with E-state index in [2.05, 4.69) is 10.5 Å². The summed E-state index contributed by atoms with van der Waals surface area (Å²) in [5.74, 6) is -0.237. The Morgan fingerprint density at radius 1 is 1.32 bits per heavy atom. The molecule has 1 aliphatic rings. The summed E-state index contributed by atoms with van der Waals surface area (Å²) in [6.45, 7) is 2.12. The van der Waals surface area contributed by atoms with Crippen molar-refractivity contribution in [2.45, 2.75) is 26.2 Å². The molecule has 1 atom stereocenters. The molecule has 1 amide bonds. The van der Waals surface area contributed by atoms with Crippen LogP contribution in [-0.4, -0.2) is 31.3 Å². The molecule has 1 unspecified atom stereocenters. The van der Waals surface area contributed by atoms with Crippen LogP contribution in [-0.2, 0) is 9.53 Å². The summed E-state index contributed by atoms with van der Waals surface area (Å²) < 4.78 is 10.1. The second-order valence-corrected chi connectivity index (χ2v) is 4.97. The Morgan fingerprint density at radius 3 is 2.68 bits per heavy atom. The van der Waals surface area contributed by atoms with Crippen LogP contribution < -0.4 is 10.2 Å². The monoisotopic (exact) mass is 304 g/mol. The maximum Gasteiger partial charge on any atom is 0.314 e. The van der Waals surface area contributed by atoms with Gasteiger partial charge in [0.25, 0.3) is 5.91 Å². The molecule has 1 N–H and O–H groups in total. The highest BCUT2D eigenvalue weighted by Crippen LogP contribution is 2.23. The van der Waals surface area contributed by atoms with Crippen molar-refractivity contribution in [1.82, 2.24) is 5.43 Å². The van der Waals surface area contributed by atoms with Gasteiger partial charge in [-0.1, -0.05) is 0 Å². The number of carbonyl (C=O) groups is 2. The quantitative estimate of drug-likeness (QED) is 0.668. The number of rotatable bonds is 5. The van der Waals surface area contributed by atoms with Gasteiger partial charge in [-0.15, -0.1) is 0 Å². The Kier molecular flexibility index (Phi) is 5.52.